The van der Waals surface area contributed by atoms with Gasteiger partial charge in [0.25, 0.3) is 0 Å². The summed E-state index contributed by atoms with van der Waals surface area (Å²) < 4.78 is 5.01. The maximum absolute atomic E-state index is 11.7. The number of rotatable bonds is 4. The van der Waals surface area contributed by atoms with Crippen LogP contribution in [-0.2, 0) is 9.53 Å². The van der Waals surface area contributed by atoms with Gasteiger partial charge in [0.15, 0.2) is 6.10 Å². The van der Waals surface area contributed by atoms with E-state index in [2.05, 4.69) is 4.90 Å². The summed E-state index contributed by atoms with van der Waals surface area (Å²) in [4.78, 5) is 26.6. The number of carbonyl (C=O) groups is 2. The van der Waals surface area contributed by atoms with Crippen LogP contribution in [0.15, 0.2) is 0 Å². The van der Waals surface area contributed by atoms with Crippen LogP contribution in [-0.4, -0.2) is 77.0 Å². The molecule has 2 N–H and O–H groups in total. The van der Waals surface area contributed by atoms with Crippen LogP contribution in [0.4, 0.5) is 4.79 Å². The van der Waals surface area contributed by atoms with Crippen molar-refractivity contribution in [1.29, 1.82) is 0 Å². The van der Waals surface area contributed by atoms with E-state index in [9.17, 15) is 14.7 Å². The summed E-state index contributed by atoms with van der Waals surface area (Å²) in [5.74, 6) is -1.27. The highest BCUT2D eigenvalue weighted by molar-refractivity contribution is 5.72. The fourth-order valence-electron chi connectivity index (χ4n) is 3.43. The van der Waals surface area contributed by atoms with Gasteiger partial charge in [0.05, 0.1) is 6.61 Å². The lowest BCUT2D eigenvalue weighted by atomic mass is 9.89. The van der Waals surface area contributed by atoms with Gasteiger partial charge in [-0.15, -0.1) is 0 Å². The van der Waals surface area contributed by atoms with E-state index in [-0.39, 0.29) is 12.0 Å². The number of carboxylic acid groups (broad SMARTS) is 1. The number of carbonyl (C=O) groups excluding carboxylic acids is 1. The Morgan fingerprint density at radius 2 is 1.73 bits per heavy atom. The molecule has 0 aromatic rings. The van der Waals surface area contributed by atoms with Crippen molar-refractivity contribution in [3.05, 3.63) is 0 Å². The minimum Gasteiger partial charge on any atom is -0.479 e. The van der Waals surface area contributed by atoms with Crippen LogP contribution in [0.3, 0.4) is 0 Å². The van der Waals surface area contributed by atoms with Gasteiger partial charge in [-0.1, -0.05) is 0 Å². The lowest BCUT2D eigenvalue weighted by Crippen LogP contribution is -2.50. The molecule has 0 aromatic heterocycles. The minimum absolute atomic E-state index is 0.145. The molecule has 1 atom stereocenters. The maximum Gasteiger partial charge on any atom is 0.409 e. The second-order valence-electron chi connectivity index (χ2n) is 6.07. The van der Waals surface area contributed by atoms with Crippen molar-refractivity contribution >= 4 is 12.1 Å². The van der Waals surface area contributed by atoms with Gasteiger partial charge in [0.2, 0.25) is 0 Å². The molecule has 7 nitrogen and oxygen atoms in total. The zero-order valence-electron chi connectivity index (χ0n) is 13.1. The standard InChI is InChI=1S/C15H26N2O5/c1-2-22-15(21)17-9-5-12(6-10-17)16-7-3-11(4-8-16)13(18)14(19)20/h11-13,18H,2-10H2,1H3,(H,19,20). The summed E-state index contributed by atoms with van der Waals surface area (Å²) in [5.41, 5.74) is 0. The van der Waals surface area contributed by atoms with Gasteiger partial charge in [-0.25, -0.2) is 9.59 Å². The van der Waals surface area contributed by atoms with E-state index in [0.717, 1.165) is 25.9 Å². The van der Waals surface area contributed by atoms with Gasteiger partial charge in [-0.3, -0.25) is 0 Å². The van der Waals surface area contributed by atoms with Crippen molar-refractivity contribution in [2.45, 2.75) is 44.8 Å². The molecule has 2 aliphatic rings. The Kier molecular flexibility index (Phi) is 6.02. The molecule has 0 saturated carbocycles. The minimum atomic E-state index is -1.24. The largest absolute Gasteiger partial charge is 0.479 e. The van der Waals surface area contributed by atoms with E-state index in [1.165, 1.54) is 0 Å². The Labute approximate surface area is 130 Å². The van der Waals surface area contributed by atoms with Gasteiger partial charge >= 0.3 is 12.1 Å². The van der Waals surface area contributed by atoms with Gasteiger partial charge in [0.1, 0.15) is 0 Å². The number of likely N-dealkylation sites (tertiary alicyclic amines) is 2. The van der Waals surface area contributed by atoms with Gasteiger partial charge in [0, 0.05) is 19.1 Å². The second-order valence-corrected chi connectivity index (χ2v) is 6.07. The second kappa shape index (κ2) is 7.78. The highest BCUT2D eigenvalue weighted by atomic mass is 16.6. The van der Waals surface area contributed by atoms with Crippen molar-refractivity contribution in [3.63, 3.8) is 0 Å². The molecule has 0 spiro atoms. The zero-order valence-corrected chi connectivity index (χ0v) is 13.1. The van der Waals surface area contributed by atoms with Gasteiger partial charge in [-0.2, -0.15) is 0 Å². The quantitative estimate of drug-likeness (QED) is 0.796. The number of hydrogen-bond acceptors (Lipinski definition) is 5. The molecule has 22 heavy (non-hydrogen) atoms. The van der Waals surface area contributed by atoms with E-state index >= 15 is 0 Å². The van der Waals surface area contributed by atoms with Crippen LogP contribution in [0.25, 0.3) is 0 Å². The molecule has 0 aromatic carbocycles. The molecule has 0 aliphatic carbocycles. The summed E-state index contributed by atoms with van der Waals surface area (Å²) in [6, 6.07) is 0.439. The Morgan fingerprint density at radius 3 is 2.23 bits per heavy atom. The predicted octanol–water partition coefficient (Wildman–Crippen LogP) is 0.765. The van der Waals surface area contributed by atoms with Crippen molar-refractivity contribution in [3.8, 4) is 0 Å². The molecule has 2 aliphatic heterocycles. The average Bonchev–Trinajstić information content (AvgIpc) is 2.54. The molecule has 1 amide bonds. The molecule has 1 unspecified atom stereocenters. The number of ether oxygens (including phenoxy) is 1. The molecular formula is C15H26N2O5. The van der Waals surface area contributed by atoms with Crippen molar-refractivity contribution in [2.75, 3.05) is 32.8 Å². The SMILES string of the molecule is CCOC(=O)N1CCC(N2CCC(C(O)C(=O)O)CC2)CC1. The number of aliphatic hydroxyl groups is 1. The highest BCUT2D eigenvalue weighted by Gasteiger charge is 2.33. The Morgan fingerprint density at radius 1 is 1.14 bits per heavy atom. The van der Waals surface area contributed by atoms with Crippen LogP contribution in [0, 0.1) is 5.92 Å². The summed E-state index contributed by atoms with van der Waals surface area (Å²) in [5, 5.41) is 18.5. The van der Waals surface area contributed by atoms with Crippen LogP contribution >= 0.6 is 0 Å². The Hall–Kier alpha value is -1.34. The molecule has 7 heteroatoms. The first-order chi connectivity index (χ1) is 10.5. The predicted molar refractivity (Wildman–Crippen MR) is 79.6 cm³/mol. The van der Waals surface area contributed by atoms with Crippen molar-refractivity contribution < 1.29 is 24.5 Å². The number of amides is 1. The number of aliphatic carboxylic acids is 1. The maximum atomic E-state index is 11.7. The Bertz CT molecular complexity index is 387. The number of hydrogen-bond donors (Lipinski definition) is 2. The molecule has 2 heterocycles. The van der Waals surface area contributed by atoms with Gasteiger partial charge < -0.3 is 24.7 Å². The number of piperidine rings is 2. The van der Waals surface area contributed by atoms with E-state index < -0.39 is 12.1 Å². The summed E-state index contributed by atoms with van der Waals surface area (Å²) >= 11 is 0. The van der Waals surface area contributed by atoms with E-state index in [1.807, 2.05) is 0 Å². The first kappa shape index (κ1) is 17.0. The van der Waals surface area contributed by atoms with Crippen molar-refractivity contribution in [1.82, 2.24) is 9.80 Å². The summed E-state index contributed by atoms with van der Waals surface area (Å²) in [6.07, 6.45) is 1.80. The number of nitrogens with zero attached hydrogens (tertiary/aromatic N) is 2. The van der Waals surface area contributed by atoms with E-state index in [1.54, 1.807) is 11.8 Å². The van der Waals surface area contributed by atoms with E-state index in [4.69, 9.17) is 9.84 Å². The lowest BCUT2D eigenvalue weighted by Gasteiger charge is -2.41. The molecule has 2 fully saturated rings. The lowest BCUT2D eigenvalue weighted by molar-refractivity contribution is -0.150. The number of aliphatic hydroxyl groups excluding tert-OH is 1. The summed E-state index contributed by atoms with van der Waals surface area (Å²) in [7, 11) is 0. The molecule has 0 bridgehead atoms. The average molecular weight is 314 g/mol. The van der Waals surface area contributed by atoms with E-state index in [0.29, 0.717) is 38.6 Å². The topological polar surface area (TPSA) is 90.3 Å². The molecular weight excluding hydrogens is 288 g/mol. The third-order valence-electron chi connectivity index (χ3n) is 4.78. The fourth-order valence-corrected chi connectivity index (χ4v) is 3.43. The third kappa shape index (κ3) is 4.10. The molecule has 0 radical (unpaired) electrons. The van der Waals surface area contributed by atoms with Crippen LogP contribution in [0.5, 0.6) is 0 Å². The van der Waals surface area contributed by atoms with Crippen LogP contribution in [0.2, 0.25) is 0 Å². The van der Waals surface area contributed by atoms with Gasteiger partial charge in [-0.05, 0) is 51.6 Å². The highest BCUT2D eigenvalue weighted by Crippen LogP contribution is 2.26. The first-order valence-electron chi connectivity index (χ1n) is 8.09. The smallest absolute Gasteiger partial charge is 0.409 e. The normalized spacial score (nSPS) is 23.3. The van der Waals surface area contributed by atoms with Crippen molar-refractivity contribution in [2.24, 2.45) is 5.92 Å². The first-order valence-corrected chi connectivity index (χ1v) is 8.09. The third-order valence-corrected chi connectivity index (χ3v) is 4.78. The monoisotopic (exact) mass is 314 g/mol. The van der Waals surface area contributed by atoms with Crippen LogP contribution < -0.4 is 0 Å². The molecule has 2 rings (SSSR count). The molecule has 126 valence electrons. The summed E-state index contributed by atoms with van der Waals surface area (Å²) in [6.45, 7) is 5.26. The Balaban J connectivity index is 1.75. The van der Waals surface area contributed by atoms with Crippen LogP contribution in [0.1, 0.15) is 32.6 Å². The fraction of sp³-hybridized carbons (Fsp3) is 0.867. The number of carboxylic acids is 1. The molecule has 2 saturated heterocycles. The zero-order chi connectivity index (χ0) is 16.1.